The van der Waals surface area contributed by atoms with Gasteiger partial charge < -0.3 is 5.73 Å². The average Bonchev–Trinajstić information content (AvgIpc) is 2.52. The first kappa shape index (κ1) is 9.24. The number of nitrogens with two attached hydrogens (primary N) is 1. The molecule has 0 amide bonds. The zero-order valence-electron chi connectivity index (χ0n) is 8.06. The third kappa shape index (κ3) is 1.54. The summed E-state index contributed by atoms with van der Waals surface area (Å²) in [6.07, 6.45) is 1.07. The molecular weight excluding hydrogens is 224 g/mol. The molecule has 0 bridgehead atoms. The predicted molar refractivity (Wildman–Crippen MR) is 66.4 cm³/mol. The third-order valence-electron chi connectivity index (χ3n) is 2.44. The van der Waals surface area contributed by atoms with Crippen molar-refractivity contribution in [3.63, 3.8) is 0 Å². The van der Waals surface area contributed by atoms with E-state index in [4.69, 9.17) is 5.73 Å². The lowest BCUT2D eigenvalue weighted by atomic mass is 10.1. The summed E-state index contributed by atoms with van der Waals surface area (Å²) < 4.78 is 0. The fraction of sp³-hybridized carbons (Fsp3) is 0.182. The number of fused-ring (bicyclic) bond motifs is 3. The topological polar surface area (TPSA) is 38.9 Å². The van der Waals surface area contributed by atoms with Crippen molar-refractivity contribution in [2.75, 3.05) is 11.5 Å². The Morgan fingerprint density at radius 2 is 2.13 bits per heavy atom. The highest BCUT2D eigenvalue weighted by Crippen LogP contribution is 2.39. The monoisotopic (exact) mass is 234 g/mol. The summed E-state index contributed by atoms with van der Waals surface area (Å²) in [5.41, 5.74) is 8.10. The van der Waals surface area contributed by atoms with Gasteiger partial charge in [0.1, 0.15) is 0 Å². The zero-order valence-corrected chi connectivity index (χ0v) is 9.70. The molecule has 0 saturated heterocycles. The normalized spacial score (nSPS) is 14.1. The largest absolute Gasteiger partial charge is 0.375 e. The molecule has 4 heteroatoms. The van der Waals surface area contributed by atoms with Gasteiger partial charge in [0.2, 0.25) is 0 Å². The number of thioether (sulfide) groups is 1. The molecule has 76 valence electrons. The van der Waals surface area contributed by atoms with E-state index in [0.717, 1.165) is 17.9 Å². The summed E-state index contributed by atoms with van der Waals surface area (Å²) in [6, 6.07) is 8.42. The van der Waals surface area contributed by atoms with Gasteiger partial charge in [-0.3, -0.25) is 0 Å². The Morgan fingerprint density at radius 3 is 3.07 bits per heavy atom. The van der Waals surface area contributed by atoms with Crippen LogP contribution in [-0.2, 0) is 6.42 Å². The fourth-order valence-corrected chi connectivity index (χ4v) is 3.79. The Kier molecular flexibility index (Phi) is 2.18. The van der Waals surface area contributed by atoms with Gasteiger partial charge in [0.15, 0.2) is 5.13 Å². The smallest absolute Gasteiger partial charge is 0.180 e. The van der Waals surface area contributed by atoms with Crippen molar-refractivity contribution >= 4 is 28.2 Å². The molecule has 1 aliphatic heterocycles. The summed E-state index contributed by atoms with van der Waals surface area (Å²) in [5, 5.41) is 0.682. The molecule has 0 spiro atoms. The molecule has 0 unspecified atom stereocenters. The molecular formula is C11H10N2S2. The van der Waals surface area contributed by atoms with Gasteiger partial charge in [-0.2, -0.15) is 0 Å². The number of aryl methyl sites for hydroxylation is 1. The number of nitrogen functional groups attached to an aromatic ring is 1. The van der Waals surface area contributed by atoms with Crippen molar-refractivity contribution in [3.8, 4) is 11.3 Å². The minimum Gasteiger partial charge on any atom is -0.375 e. The summed E-state index contributed by atoms with van der Waals surface area (Å²) in [5.74, 6) is 1.12. The molecule has 1 aliphatic rings. The summed E-state index contributed by atoms with van der Waals surface area (Å²) >= 11 is 3.52. The van der Waals surface area contributed by atoms with Crippen LogP contribution in [0.25, 0.3) is 11.3 Å². The number of benzene rings is 1. The Bertz CT molecular complexity index is 505. The molecule has 2 aromatic rings. The van der Waals surface area contributed by atoms with Crippen molar-refractivity contribution < 1.29 is 0 Å². The van der Waals surface area contributed by atoms with Gasteiger partial charge in [-0.25, -0.2) is 4.98 Å². The zero-order chi connectivity index (χ0) is 10.3. The molecule has 2 N–H and O–H groups in total. The van der Waals surface area contributed by atoms with Crippen LogP contribution in [0.5, 0.6) is 0 Å². The lowest BCUT2D eigenvalue weighted by molar-refractivity contribution is 1.20. The highest BCUT2D eigenvalue weighted by atomic mass is 32.2. The fourth-order valence-electron chi connectivity index (χ4n) is 1.79. The maximum atomic E-state index is 5.77. The van der Waals surface area contributed by atoms with Crippen LogP contribution in [0.15, 0.2) is 29.2 Å². The number of nitrogens with zero attached hydrogens (tertiary/aromatic N) is 1. The second kappa shape index (κ2) is 3.54. The summed E-state index contributed by atoms with van der Waals surface area (Å²) in [7, 11) is 0. The van der Waals surface area contributed by atoms with E-state index in [1.807, 2.05) is 11.8 Å². The molecule has 3 rings (SSSR count). The van der Waals surface area contributed by atoms with Crippen molar-refractivity contribution in [2.45, 2.75) is 11.3 Å². The van der Waals surface area contributed by atoms with Gasteiger partial charge in [-0.05, 0) is 12.5 Å². The van der Waals surface area contributed by atoms with E-state index in [1.54, 1.807) is 11.3 Å². The first-order valence-electron chi connectivity index (χ1n) is 4.82. The molecule has 2 heterocycles. The summed E-state index contributed by atoms with van der Waals surface area (Å²) in [4.78, 5) is 7.08. The molecule has 1 aromatic heterocycles. The van der Waals surface area contributed by atoms with Crippen molar-refractivity contribution in [1.82, 2.24) is 4.98 Å². The van der Waals surface area contributed by atoms with E-state index >= 15 is 0 Å². The van der Waals surface area contributed by atoms with Crippen molar-refractivity contribution in [1.29, 1.82) is 0 Å². The maximum Gasteiger partial charge on any atom is 0.180 e. The van der Waals surface area contributed by atoms with Crippen LogP contribution in [0.3, 0.4) is 0 Å². The molecule has 0 saturated carbocycles. The standard InChI is InChI=1S/C11H10N2S2/c12-11-13-10-7-3-1-2-4-8(7)14-6-5-9(10)15-11/h1-4H,5-6H2,(H2,12,13). The Labute approximate surface area is 96.5 Å². The third-order valence-corrected chi connectivity index (χ3v) is 4.46. The second-order valence-electron chi connectivity index (χ2n) is 3.42. The molecule has 0 radical (unpaired) electrons. The highest BCUT2D eigenvalue weighted by Gasteiger charge is 2.18. The van der Waals surface area contributed by atoms with Gasteiger partial charge in [-0.1, -0.05) is 18.2 Å². The molecule has 0 aliphatic carbocycles. The van der Waals surface area contributed by atoms with Crippen LogP contribution < -0.4 is 5.73 Å². The summed E-state index contributed by atoms with van der Waals surface area (Å²) in [6.45, 7) is 0. The van der Waals surface area contributed by atoms with Gasteiger partial charge in [-0.15, -0.1) is 23.1 Å². The van der Waals surface area contributed by atoms with Crippen LogP contribution >= 0.6 is 23.1 Å². The minimum atomic E-state index is 0.682. The van der Waals surface area contributed by atoms with Crippen LogP contribution in [-0.4, -0.2) is 10.7 Å². The van der Waals surface area contributed by atoms with E-state index < -0.39 is 0 Å². The second-order valence-corrected chi connectivity index (χ2v) is 5.67. The van der Waals surface area contributed by atoms with Gasteiger partial charge in [0.25, 0.3) is 0 Å². The van der Waals surface area contributed by atoms with Crippen LogP contribution in [0.2, 0.25) is 0 Å². The Hall–Kier alpha value is -1.00. The van der Waals surface area contributed by atoms with E-state index in [1.165, 1.54) is 15.3 Å². The Balaban J connectivity index is 2.26. The molecule has 1 aromatic carbocycles. The maximum absolute atomic E-state index is 5.77. The number of anilines is 1. The van der Waals surface area contributed by atoms with Crippen LogP contribution in [0, 0.1) is 0 Å². The van der Waals surface area contributed by atoms with Crippen molar-refractivity contribution in [3.05, 3.63) is 29.1 Å². The number of aromatic nitrogens is 1. The first-order valence-corrected chi connectivity index (χ1v) is 6.62. The van der Waals surface area contributed by atoms with Gasteiger partial charge in [0.05, 0.1) is 5.69 Å². The van der Waals surface area contributed by atoms with Gasteiger partial charge in [0, 0.05) is 21.1 Å². The van der Waals surface area contributed by atoms with Crippen LogP contribution in [0.4, 0.5) is 5.13 Å². The predicted octanol–water partition coefficient (Wildman–Crippen LogP) is 3.04. The molecule has 0 fully saturated rings. The number of hydrogen-bond acceptors (Lipinski definition) is 4. The van der Waals surface area contributed by atoms with Gasteiger partial charge >= 0.3 is 0 Å². The highest BCUT2D eigenvalue weighted by molar-refractivity contribution is 7.99. The van der Waals surface area contributed by atoms with E-state index in [-0.39, 0.29) is 0 Å². The molecule has 15 heavy (non-hydrogen) atoms. The number of thiazole rings is 1. The SMILES string of the molecule is Nc1nc2c(s1)CCSc1ccccc1-2. The lowest BCUT2D eigenvalue weighted by Crippen LogP contribution is -1.85. The van der Waals surface area contributed by atoms with E-state index in [2.05, 4.69) is 29.2 Å². The van der Waals surface area contributed by atoms with Crippen molar-refractivity contribution in [2.24, 2.45) is 0 Å². The average molecular weight is 234 g/mol. The number of hydrogen-bond donors (Lipinski definition) is 1. The molecule has 0 atom stereocenters. The van der Waals surface area contributed by atoms with E-state index in [0.29, 0.717) is 5.13 Å². The van der Waals surface area contributed by atoms with Crippen LogP contribution in [0.1, 0.15) is 4.88 Å². The quantitative estimate of drug-likeness (QED) is 0.761. The number of rotatable bonds is 0. The first-order chi connectivity index (χ1) is 7.34. The lowest BCUT2D eigenvalue weighted by Gasteiger charge is -2.02. The minimum absolute atomic E-state index is 0.682. The molecule has 2 nitrogen and oxygen atoms in total. The van der Waals surface area contributed by atoms with E-state index in [9.17, 15) is 0 Å². The Morgan fingerprint density at radius 1 is 1.27 bits per heavy atom.